The van der Waals surface area contributed by atoms with Crippen LogP contribution in [-0.2, 0) is 14.8 Å². The van der Waals surface area contributed by atoms with Gasteiger partial charge in [-0.3, -0.25) is 4.90 Å². The maximum atomic E-state index is 12.7. The molecule has 0 unspecified atom stereocenters. The summed E-state index contributed by atoms with van der Waals surface area (Å²) in [7, 11) is -3.49. The van der Waals surface area contributed by atoms with Gasteiger partial charge >= 0.3 is 0 Å². The molecule has 1 aromatic rings. The Hall–Kier alpha value is -0.950. The quantitative estimate of drug-likeness (QED) is 0.860. The zero-order chi connectivity index (χ0) is 17.0. The Morgan fingerprint density at radius 2 is 1.87 bits per heavy atom. The number of sulfonamides is 1. The van der Waals surface area contributed by atoms with Gasteiger partial charge < -0.3 is 4.74 Å². The Labute approximate surface area is 140 Å². The number of morpholine rings is 1. The van der Waals surface area contributed by atoms with Gasteiger partial charge in [0.2, 0.25) is 10.0 Å². The fourth-order valence-electron chi connectivity index (χ4n) is 2.97. The first-order valence-electron chi connectivity index (χ1n) is 8.20. The van der Waals surface area contributed by atoms with Crippen molar-refractivity contribution >= 4 is 10.0 Å². The molecular weight excluding hydrogens is 312 g/mol. The van der Waals surface area contributed by atoms with Crippen LogP contribution in [0.2, 0.25) is 0 Å². The molecule has 0 saturated carbocycles. The van der Waals surface area contributed by atoms with E-state index in [2.05, 4.69) is 23.5 Å². The van der Waals surface area contributed by atoms with Crippen LogP contribution in [0, 0.1) is 19.8 Å². The fourth-order valence-corrected chi connectivity index (χ4v) is 4.34. The van der Waals surface area contributed by atoms with Gasteiger partial charge in [0, 0.05) is 25.7 Å². The Bertz CT molecular complexity index is 623. The SMILES string of the molecule is Cc1ccc(C)c(S(=O)(=O)NC[C@H](C(C)C)N2CCOCC2)c1. The number of aryl methyl sites for hydroxylation is 2. The van der Waals surface area contributed by atoms with Crippen molar-refractivity contribution in [1.82, 2.24) is 9.62 Å². The molecule has 130 valence electrons. The van der Waals surface area contributed by atoms with Gasteiger partial charge in [0.25, 0.3) is 0 Å². The van der Waals surface area contributed by atoms with Crippen LogP contribution in [0.25, 0.3) is 0 Å². The third kappa shape index (κ3) is 4.76. The molecule has 1 heterocycles. The van der Waals surface area contributed by atoms with E-state index in [1.54, 1.807) is 6.07 Å². The molecule has 0 aliphatic carbocycles. The minimum Gasteiger partial charge on any atom is -0.379 e. The summed E-state index contributed by atoms with van der Waals surface area (Å²) in [6.07, 6.45) is 0. The molecule has 2 rings (SSSR count). The van der Waals surface area contributed by atoms with E-state index in [0.29, 0.717) is 30.6 Å². The van der Waals surface area contributed by atoms with E-state index in [0.717, 1.165) is 24.2 Å². The molecule has 1 atom stereocenters. The fraction of sp³-hybridized carbons (Fsp3) is 0.647. The first kappa shape index (κ1) is 18.4. The molecule has 1 fully saturated rings. The molecule has 0 spiro atoms. The average Bonchev–Trinajstić information content (AvgIpc) is 2.50. The van der Waals surface area contributed by atoms with Crippen molar-refractivity contribution in [3.63, 3.8) is 0 Å². The summed E-state index contributed by atoms with van der Waals surface area (Å²) in [5, 5.41) is 0. The number of nitrogens with zero attached hydrogens (tertiary/aromatic N) is 1. The second kappa shape index (κ2) is 7.75. The van der Waals surface area contributed by atoms with E-state index >= 15 is 0 Å². The van der Waals surface area contributed by atoms with Crippen LogP contribution in [0.15, 0.2) is 23.1 Å². The van der Waals surface area contributed by atoms with Crippen molar-refractivity contribution in [3.8, 4) is 0 Å². The molecule has 1 aromatic carbocycles. The minimum absolute atomic E-state index is 0.179. The van der Waals surface area contributed by atoms with E-state index in [-0.39, 0.29) is 6.04 Å². The lowest BCUT2D eigenvalue weighted by Gasteiger charge is -2.36. The maximum Gasteiger partial charge on any atom is 0.240 e. The van der Waals surface area contributed by atoms with Gasteiger partial charge in [0.05, 0.1) is 18.1 Å². The van der Waals surface area contributed by atoms with Crippen molar-refractivity contribution in [2.24, 2.45) is 5.92 Å². The van der Waals surface area contributed by atoms with Crippen LogP contribution in [0.5, 0.6) is 0 Å². The average molecular weight is 340 g/mol. The first-order valence-corrected chi connectivity index (χ1v) is 9.68. The monoisotopic (exact) mass is 340 g/mol. The van der Waals surface area contributed by atoms with E-state index in [1.165, 1.54) is 0 Å². The summed E-state index contributed by atoms with van der Waals surface area (Å²) in [6, 6.07) is 5.69. The molecule has 0 radical (unpaired) electrons. The van der Waals surface area contributed by atoms with E-state index in [4.69, 9.17) is 4.74 Å². The van der Waals surface area contributed by atoms with Gasteiger partial charge in [0.15, 0.2) is 0 Å². The molecule has 0 amide bonds. The van der Waals surface area contributed by atoms with Crippen molar-refractivity contribution in [2.45, 2.75) is 38.6 Å². The van der Waals surface area contributed by atoms with Crippen molar-refractivity contribution < 1.29 is 13.2 Å². The molecule has 5 nitrogen and oxygen atoms in total. The summed E-state index contributed by atoms with van der Waals surface area (Å²) in [5.41, 5.74) is 1.72. The van der Waals surface area contributed by atoms with Gasteiger partial charge in [-0.15, -0.1) is 0 Å². The van der Waals surface area contributed by atoms with Gasteiger partial charge in [-0.1, -0.05) is 26.0 Å². The molecule has 1 N–H and O–H groups in total. The first-order chi connectivity index (χ1) is 10.8. The van der Waals surface area contributed by atoms with Crippen LogP contribution in [0.4, 0.5) is 0 Å². The van der Waals surface area contributed by atoms with Crippen molar-refractivity contribution in [1.29, 1.82) is 0 Å². The maximum absolute atomic E-state index is 12.7. The van der Waals surface area contributed by atoms with Crippen LogP contribution < -0.4 is 4.72 Å². The third-order valence-electron chi connectivity index (χ3n) is 4.40. The topological polar surface area (TPSA) is 58.6 Å². The highest BCUT2D eigenvalue weighted by Gasteiger charge is 2.26. The molecular formula is C17H28N2O3S. The predicted molar refractivity (Wildman–Crippen MR) is 92.1 cm³/mol. The normalized spacial score (nSPS) is 18.3. The van der Waals surface area contributed by atoms with Crippen LogP contribution in [0.1, 0.15) is 25.0 Å². The molecule has 0 aromatic heterocycles. The van der Waals surface area contributed by atoms with Crippen LogP contribution in [0.3, 0.4) is 0 Å². The highest BCUT2D eigenvalue weighted by Crippen LogP contribution is 2.18. The summed E-state index contributed by atoms with van der Waals surface area (Å²) in [6.45, 7) is 11.6. The van der Waals surface area contributed by atoms with Gasteiger partial charge in [-0.25, -0.2) is 13.1 Å². The molecule has 1 saturated heterocycles. The Morgan fingerprint density at radius 3 is 2.48 bits per heavy atom. The lowest BCUT2D eigenvalue weighted by atomic mass is 10.0. The van der Waals surface area contributed by atoms with Gasteiger partial charge in [0.1, 0.15) is 0 Å². The summed E-state index contributed by atoms with van der Waals surface area (Å²) in [4.78, 5) is 2.70. The smallest absolute Gasteiger partial charge is 0.240 e. The molecule has 23 heavy (non-hydrogen) atoms. The Kier molecular flexibility index (Phi) is 6.19. The molecule has 1 aliphatic heterocycles. The number of hydrogen-bond acceptors (Lipinski definition) is 4. The number of hydrogen-bond donors (Lipinski definition) is 1. The second-order valence-corrected chi connectivity index (χ2v) is 8.32. The third-order valence-corrected chi connectivity index (χ3v) is 5.97. The molecule has 0 bridgehead atoms. The highest BCUT2D eigenvalue weighted by atomic mass is 32.2. The Balaban J connectivity index is 2.11. The lowest BCUT2D eigenvalue weighted by molar-refractivity contribution is 0.00776. The van der Waals surface area contributed by atoms with Crippen LogP contribution in [-0.4, -0.2) is 52.2 Å². The second-order valence-electron chi connectivity index (χ2n) is 6.58. The van der Waals surface area contributed by atoms with Crippen molar-refractivity contribution in [3.05, 3.63) is 29.3 Å². The van der Waals surface area contributed by atoms with Crippen molar-refractivity contribution in [2.75, 3.05) is 32.8 Å². The van der Waals surface area contributed by atoms with E-state index < -0.39 is 10.0 Å². The number of ether oxygens (including phenoxy) is 1. The zero-order valence-electron chi connectivity index (χ0n) is 14.5. The van der Waals surface area contributed by atoms with E-state index in [9.17, 15) is 8.42 Å². The standard InChI is InChI=1S/C17H28N2O3S/c1-13(2)16(19-7-9-22-10-8-19)12-18-23(20,21)17-11-14(3)5-6-15(17)4/h5-6,11,13,16,18H,7-10,12H2,1-4H3/t16-/m1/s1. The summed E-state index contributed by atoms with van der Waals surface area (Å²) in [5.74, 6) is 0.370. The lowest BCUT2D eigenvalue weighted by Crippen LogP contribution is -2.51. The molecule has 1 aliphatic rings. The zero-order valence-corrected chi connectivity index (χ0v) is 15.3. The minimum atomic E-state index is -3.49. The largest absolute Gasteiger partial charge is 0.379 e. The molecule has 6 heteroatoms. The highest BCUT2D eigenvalue weighted by molar-refractivity contribution is 7.89. The number of rotatable bonds is 6. The van der Waals surface area contributed by atoms with E-state index in [1.807, 2.05) is 26.0 Å². The Morgan fingerprint density at radius 1 is 1.22 bits per heavy atom. The number of benzene rings is 1. The summed E-state index contributed by atoms with van der Waals surface area (Å²) < 4.78 is 33.5. The summed E-state index contributed by atoms with van der Waals surface area (Å²) >= 11 is 0. The van der Waals surface area contributed by atoms with Gasteiger partial charge in [-0.05, 0) is 37.0 Å². The van der Waals surface area contributed by atoms with Gasteiger partial charge in [-0.2, -0.15) is 0 Å². The van der Waals surface area contributed by atoms with Crippen LogP contribution >= 0.6 is 0 Å². The number of nitrogens with one attached hydrogen (secondary N) is 1. The predicted octanol–water partition coefficient (Wildman–Crippen LogP) is 1.94.